The third-order valence-corrected chi connectivity index (χ3v) is 4.84. The highest BCUT2D eigenvalue weighted by Crippen LogP contribution is 2.31. The molecule has 3 heteroatoms. The molecular weight excluding hydrogens is 234 g/mol. The van der Waals surface area contributed by atoms with E-state index >= 15 is 0 Å². The van der Waals surface area contributed by atoms with Crippen LogP contribution in [0.5, 0.6) is 0 Å². The summed E-state index contributed by atoms with van der Waals surface area (Å²) in [6.07, 6.45) is 14.7. The van der Waals surface area contributed by atoms with Crippen LogP contribution in [0.3, 0.4) is 0 Å². The molecule has 0 unspecified atom stereocenters. The number of nitrogens with one attached hydrogen (secondary N) is 1. The van der Waals surface area contributed by atoms with Crippen molar-refractivity contribution in [2.45, 2.75) is 70.8 Å². The molecule has 19 heavy (non-hydrogen) atoms. The van der Waals surface area contributed by atoms with Gasteiger partial charge in [0.2, 0.25) is 5.95 Å². The Labute approximate surface area is 116 Å². The average molecular weight is 261 g/mol. The number of anilines is 1. The summed E-state index contributed by atoms with van der Waals surface area (Å²) >= 11 is 0. The summed E-state index contributed by atoms with van der Waals surface area (Å²) in [6, 6.07) is 0.682. The molecule has 0 saturated heterocycles. The Bertz CT molecular complexity index is 398. The maximum Gasteiger partial charge on any atom is 0.203 e. The van der Waals surface area contributed by atoms with Gasteiger partial charge in [-0.1, -0.05) is 32.1 Å². The quantitative estimate of drug-likeness (QED) is 0.875. The van der Waals surface area contributed by atoms with Gasteiger partial charge in [-0.2, -0.15) is 0 Å². The molecule has 0 atom stereocenters. The average Bonchev–Trinajstić information content (AvgIpc) is 3.06. The van der Waals surface area contributed by atoms with Crippen LogP contribution in [0, 0.1) is 12.8 Å². The van der Waals surface area contributed by atoms with Crippen LogP contribution in [0.2, 0.25) is 0 Å². The molecule has 1 aromatic rings. The summed E-state index contributed by atoms with van der Waals surface area (Å²) in [5.41, 5.74) is 1.15. The Morgan fingerprint density at radius 3 is 2.53 bits per heavy atom. The van der Waals surface area contributed by atoms with Gasteiger partial charge in [0.15, 0.2) is 0 Å². The van der Waals surface area contributed by atoms with Crippen LogP contribution in [0.4, 0.5) is 5.95 Å². The Balaban J connectivity index is 1.65. The molecule has 0 amide bonds. The fraction of sp³-hybridized carbons (Fsp3) is 0.812. The minimum Gasteiger partial charge on any atom is -0.355 e. The molecule has 0 bridgehead atoms. The smallest absolute Gasteiger partial charge is 0.203 e. The minimum atomic E-state index is 0.682. The van der Waals surface area contributed by atoms with Gasteiger partial charge in [-0.3, -0.25) is 0 Å². The Kier molecular flexibility index (Phi) is 4.09. The second kappa shape index (κ2) is 5.98. The molecule has 1 aromatic heterocycles. The van der Waals surface area contributed by atoms with Crippen molar-refractivity contribution in [3.05, 3.63) is 11.9 Å². The maximum atomic E-state index is 4.70. The molecule has 2 fully saturated rings. The van der Waals surface area contributed by atoms with Crippen LogP contribution >= 0.6 is 0 Å². The third kappa shape index (κ3) is 3.13. The van der Waals surface area contributed by atoms with Crippen molar-refractivity contribution in [3.8, 4) is 0 Å². The Morgan fingerprint density at radius 2 is 1.79 bits per heavy atom. The number of hydrogen-bond acceptors (Lipinski definition) is 2. The van der Waals surface area contributed by atoms with Gasteiger partial charge in [-0.05, 0) is 38.5 Å². The molecule has 2 saturated carbocycles. The van der Waals surface area contributed by atoms with E-state index in [1.165, 1.54) is 57.8 Å². The van der Waals surface area contributed by atoms with Gasteiger partial charge in [-0.15, -0.1) is 0 Å². The second-order valence-corrected chi connectivity index (χ2v) is 6.44. The lowest BCUT2D eigenvalue weighted by atomic mass is 9.95. The maximum absolute atomic E-state index is 4.70. The van der Waals surface area contributed by atoms with Crippen molar-refractivity contribution in [2.75, 3.05) is 11.9 Å². The lowest BCUT2D eigenvalue weighted by molar-refractivity contribution is 0.355. The van der Waals surface area contributed by atoms with Crippen molar-refractivity contribution in [2.24, 2.45) is 5.92 Å². The van der Waals surface area contributed by atoms with Gasteiger partial charge in [-0.25, -0.2) is 4.98 Å². The van der Waals surface area contributed by atoms with Gasteiger partial charge < -0.3 is 9.88 Å². The second-order valence-electron chi connectivity index (χ2n) is 6.44. The topological polar surface area (TPSA) is 29.9 Å². The van der Waals surface area contributed by atoms with E-state index in [1.807, 2.05) is 0 Å². The third-order valence-electron chi connectivity index (χ3n) is 4.84. The summed E-state index contributed by atoms with van der Waals surface area (Å²) in [6.45, 7) is 3.23. The Morgan fingerprint density at radius 1 is 1.11 bits per heavy atom. The van der Waals surface area contributed by atoms with Crippen molar-refractivity contribution >= 4 is 5.95 Å². The van der Waals surface area contributed by atoms with E-state index in [4.69, 9.17) is 4.98 Å². The van der Waals surface area contributed by atoms with E-state index in [0.717, 1.165) is 24.1 Å². The number of nitrogens with zero attached hydrogens (tertiary/aromatic N) is 2. The highest BCUT2D eigenvalue weighted by atomic mass is 15.2. The van der Waals surface area contributed by atoms with Crippen LogP contribution in [-0.4, -0.2) is 16.1 Å². The monoisotopic (exact) mass is 261 g/mol. The van der Waals surface area contributed by atoms with E-state index in [2.05, 4.69) is 23.0 Å². The van der Waals surface area contributed by atoms with Crippen LogP contribution in [0.15, 0.2) is 6.20 Å². The first-order valence-electron chi connectivity index (χ1n) is 8.12. The van der Waals surface area contributed by atoms with Gasteiger partial charge in [0, 0.05) is 18.8 Å². The molecule has 0 radical (unpaired) electrons. The van der Waals surface area contributed by atoms with E-state index in [0.29, 0.717) is 6.04 Å². The van der Waals surface area contributed by atoms with Gasteiger partial charge in [0.1, 0.15) is 0 Å². The molecule has 106 valence electrons. The lowest BCUT2D eigenvalue weighted by Gasteiger charge is -2.25. The molecule has 1 heterocycles. The fourth-order valence-electron chi connectivity index (χ4n) is 3.73. The highest BCUT2D eigenvalue weighted by molar-refractivity contribution is 5.30. The van der Waals surface area contributed by atoms with Crippen LogP contribution < -0.4 is 5.32 Å². The molecule has 3 rings (SSSR count). The zero-order valence-electron chi connectivity index (χ0n) is 12.2. The van der Waals surface area contributed by atoms with Crippen molar-refractivity contribution in [1.82, 2.24) is 9.55 Å². The normalized spacial score (nSPS) is 21.9. The number of imidazole rings is 1. The predicted molar refractivity (Wildman–Crippen MR) is 79.5 cm³/mol. The summed E-state index contributed by atoms with van der Waals surface area (Å²) in [7, 11) is 0. The minimum absolute atomic E-state index is 0.682. The van der Waals surface area contributed by atoms with Crippen LogP contribution in [0.25, 0.3) is 0 Å². The van der Waals surface area contributed by atoms with Gasteiger partial charge in [0.05, 0.1) is 5.69 Å². The molecule has 0 aliphatic heterocycles. The van der Waals surface area contributed by atoms with E-state index in [1.54, 1.807) is 0 Å². The van der Waals surface area contributed by atoms with Gasteiger partial charge in [0.25, 0.3) is 0 Å². The molecule has 2 aliphatic carbocycles. The van der Waals surface area contributed by atoms with Crippen molar-refractivity contribution in [1.29, 1.82) is 0 Å². The number of rotatable bonds is 4. The van der Waals surface area contributed by atoms with Gasteiger partial charge >= 0.3 is 0 Å². The summed E-state index contributed by atoms with van der Waals surface area (Å²) in [5, 5.41) is 3.63. The summed E-state index contributed by atoms with van der Waals surface area (Å²) < 4.78 is 2.42. The summed E-state index contributed by atoms with van der Waals surface area (Å²) in [5.74, 6) is 1.99. The molecular formula is C16H27N3. The lowest BCUT2D eigenvalue weighted by Crippen LogP contribution is -2.18. The highest BCUT2D eigenvalue weighted by Gasteiger charge is 2.20. The first-order chi connectivity index (χ1) is 9.33. The molecule has 1 N–H and O–H groups in total. The first-order valence-corrected chi connectivity index (χ1v) is 8.12. The molecule has 0 spiro atoms. The van der Waals surface area contributed by atoms with Crippen molar-refractivity contribution in [3.63, 3.8) is 0 Å². The summed E-state index contributed by atoms with van der Waals surface area (Å²) in [4.78, 5) is 4.70. The largest absolute Gasteiger partial charge is 0.355 e. The molecule has 2 aliphatic rings. The molecule has 0 aromatic carbocycles. The van der Waals surface area contributed by atoms with E-state index in [9.17, 15) is 0 Å². The SMILES string of the molecule is Cc1cn(C2CCCCC2)c(NCC2CCCC2)n1. The fourth-order valence-corrected chi connectivity index (χ4v) is 3.73. The predicted octanol–water partition coefficient (Wildman–Crippen LogP) is 4.30. The number of hydrogen-bond donors (Lipinski definition) is 1. The van der Waals surface area contributed by atoms with E-state index in [-0.39, 0.29) is 0 Å². The molecule has 3 nitrogen and oxygen atoms in total. The number of aryl methyl sites for hydroxylation is 1. The van der Waals surface area contributed by atoms with Crippen LogP contribution in [-0.2, 0) is 0 Å². The standard InChI is InChI=1S/C16H27N3/c1-13-12-19(15-9-3-2-4-10-15)16(18-13)17-11-14-7-5-6-8-14/h12,14-15H,2-11H2,1H3,(H,17,18). The Hall–Kier alpha value is -0.990. The zero-order chi connectivity index (χ0) is 13.1. The first kappa shape index (κ1) is 13.0. The zero-order valence-corrected chi connectivity index (χ0v) is 12.2. The van der Waals surface area contributed by atoms with Crippen LogP contribution in [0.1, 0.15) is 69.5 Å². The number of aromatic nitrogens is 2. The van der Waals surface area contributed by atoms with E-state index < -0.39 is 0 Å². The van der Waals surface area contributed by atoms with Crippen molar-refractivity contribution < 1.29 is 0 Å².